The van der Waals surface area contributed by atoms with E-state index in [0.29, 0.717) is 6.54 Å². The van der Waals surface area contributed by atoms with E-state index in [1.165, 1.54) is 0 Å². The number of nitrogens with zero attached hydrogens (tertiary/aromatic N) is 1. The predicted octanol–water partition coefficient (Wildman–Crippen LogP) is 2.82. The summed E-state index contributed by atoms with van der Waals surface area (Å²) in [4.78, 5) is 26.4. The van der Waals surface area contributed by atoms with E-state index < -0.39 is 6.04 Å². The van der Waals surface area contributed by atoms with Crippen LogP contribution in [-0.4, -0.2) is 36.3 Å². The Balaban J connectivity index is 1.84. The van der Waals surface area contributed by atoms with Crippen molar-refractivity contribution >= 4 is 17.5 Å². The molecule has 5 nitrogen and oxygen atoms in total. The number of aryl methyl sites for hydroxylation is 1. The number of hydrogen-bond acceptors (Lipinski definition) is 3. The van der Waals surface area contributed by atoms with E-state index in [0.717, 1.165) is 23.2 Å². The van der Waals surface area contributed by atoms with Crippen LogP contribution in [0, 0.1) is 0 Å². The zero-order valence-electron chi connectivity index (χ0n) is 15.7. The van der Waals surface area contributed by atoms with Gasteiger partial charge < -0.3 is 10.6 Å². The lowest BCUT2D eigenvalue weighted by Gasteiger charge is -2.23. The summed E-state index contributed by atoms with van der Waals surface area (Å²) in [6.45, 7) is 4.48. The SMILES string of the molecule is CCc1ccccc1NC(=O)CN(C)C(C)C(=O)NCc1ccccc1. The molecule has 0 saturated heterocycles. The minimum atomic E-state index is -0.397. The van der Waals surface area contributed by atoms with Crippen LogP contribution in [0.15, 0.2) is 54.6 Å². The summed E-state index contributed by atoms with van der Waals surface area (Å²) in [5, 5.41) is 5.84. The highest BCUT2D eigenvalue weighted by atomic mass is 16.2. The summed E-state index contributed by atoms with van der Waals surface area (Å²) >= 11 is 0. The number of benzene rings is 2. The second kappa shape index (κ2) is 9.73. The third kappa shape index (κ3) is 5.70. The smallest absolute Gasteiger partial charge is 0.238 e. The van der Waals surface area contributed by atoms with Crippen molar-refractivity contribution in [2.24, 2.45) is 0 Å². The summed E-state index contributed by atoms with van der Waals surface area (Å²) in [5.41, 5.74) is 2.97. The number of rotatable bonds is 8. The Hall–Kier alpha value is -2.66. The van der Waals surface area contributed by atoms with Gasteiger partial charge in [0.1, 0.15) is 0 Å². The lowest BCUT2D eigenvalue weighted by Crippen LogP contribution is -2.45. The van der Waals surface area contributed by atoms with Crippen molar-refractivity contribution in [3.63, 3.8) is 0 Å². The highest BCUT2D eigenvalue weighted by Crippen LogP contribution is 2.15. The van der Waals surface area contributed by atoms with Gasteiger partial charge in [-0.3, -0.25) is 14.5 Å². The van der Waals surface area contributed by atoms with Gasteiger partial charge in [0.05, 0.1) is 12.6 Å². The molecule has 2 rings (SSSR count). The third-order valence-corrected chi connectivity index (χ3v) is 4.42. The lowest BCUT2D eigenvalue weighted by molar-refractivity contribution is -0.126. The Bertz CT molecular complexity index is 731. The van der Waals surface area contributed by atoms with Gasteiger partial charge in [-0.05, 0) is 37.6 Å². The van der Waals surface area contributed by atoms with Crippen LogP contribution in [0.4, 0.5) is 5.69 Å². The molecule has 0 radical (unpaired) electrons. The summed E-state index contributed by atoms with van der Waals surface area (Å²) in [7, 11) is 1.78. The highest BCUT2D eigenvalue weighted by Gasteiger charge is 2.20. The summed E-state index contributed by atoms with van der Waals surface area (Å²) < 4.78 is 0. The lowest BCUT2D eigenvalue weighted by atomic mass is 10.1. The molecule has 1 unspecified atom stereocenters. The van der Waals surface area contributed by atoms with Crippen LogP contribution in [0.2, 0.25) is 0 Å². The Morgan fingerprint density at radius 2 is 1.69 bits per heavy atom. The van der Waals surface area contributed by atoms with Crippen LogP contribution in [0.25, 0.3) is 0 Å². The molecule has 2 aromatic rings. The second-order valence-electron chi connectivity index (χ2n) is 6.35. The van der Waals surface area contributed by atoms with Crippen molar-refractivity contribution in [2.45, 2.75) is 32.9 Å². The van der Waals surface area contributed by atoms with Gasteiger partial charge in [-0.2, -0.15) is 0 Å². The fourth-order valence-electron chi connectivity index (χ4n) is 2.64. The number of amides is 2. The second-order valence-corrected chi connectivity index (χ2v) is 6.35. The fraction of sp³-hybridized carbons (Fsp3) is 0.333. The first-order valence-electron chi connectivity index (χ1n) is 8.91. The zero-order valence-corrected chi connectivity index (χ0v) is 15.7. The average Bonchev–Trinajstić information content (AvgIpc) is 2.66. The maximum Gasteiger partial charge on any atom is 0.238 e. The van der Waals surface area contributed by atoms with Gasteiger partial charge in [0.2, 0.25) is 11.8 Å². The summed E-state index contributed by atoms with van der Waals surface area (Å²) in [5.74, 6) is -0.228. The molecule has 26 heavy (non-hydrogen) atoms. The van der Waals surface area contributed by atoms with Crippen molar-refractivity contribution in [1.29, 1.82) is 0 Å². The number of para-hydroxylation sites is 1. The molecule has 138 valence electrons. The molecule has 0 aliphatic carbocycles. The monoisotopic (exact) mass is 353 g/mol. The molecule has 0 bridgehead atoms. The molecule has 2 aromatic carbocycles. The minimum absolute atomic E-state index is 0.0990. The quantitative estimate of drug-likeness (QED) is 0.767. The maximum atomic E-state index is 12.3. The number of anilines is 1. The standard InChI is InChI=1S/C21H27N3O2/c1-4-18-12-8-9-13-19(18)23-20(25)15-24(3)16(2)21(26)22-14-17-10-6-5-7-11-17/h5-13,16H,4,14-15H2,1-3H3,(H,22,26)(H,23,25). The molecule has 5 heteroatoms. The van der Waals surface area contributed by atoms with Gasteiger partial charge in [0.25, 0.3) is 0 Å². The van der Waals surface area contributed by atoms with Gasteiger partial charge in [-0.1, -0.05) is 55.5 Å². The molecule has 2 N–H and O–H groups in total. The Labute approximate surface area is 155 Å². The molecule has 0 saturated carbocycles. The van der Waals surface area contributed by atoms with Crippen molar-refractivity contribution in [3.05, 3.63) is 65.7 Å². The van der Waals surface area contributed by atoms with E-state index in [1.54, 1.807) is 18.9 Å². The van der Waals surface area contributed by atoms with Crippen LogP contribution in [0.1, 0.15) is 25.0 Å². The Morgan fingerprint density at radius 1 is 1.04 bits per heavy atom. The van der Waals surface area contributed by atoms with Crippen LogP contribution in [0.3, 0.4) is 0 Å². The van der Waals surface area contributed by atoms with Crippen molar-refractivity contribution in [2.75, 3.05) is 18.9 Å². The fourth-order valence-corrected chi connectivity index (χ4v) is 2.64. The number of likely N-dealkylation sites (N-methyl/N-ethyl adjacent to an activating group) is 1. The van der Waals surface area contributed by atoms with Crippen LogP contribution in [0.5, 0.6) is 0 Å². The van der Waals surface area contributed by atoms with Crippen LogP contribution < -0.4 is 10.6 Å². The number of nitrogens with one attached hydrogen (secondary N) is 2. The van der Waals surface area contributed by atoms with Crippen LogP contribution in [-0.2, 0) is 22.6 Å². The van der Waals surface area contributed by atoms with Gasteiger partial charge in [0.15, 0.2) is 0 Å². The molecular weight excluding hydrogens is 326 g/mol. The van der Waals surface area contributed by atoms with E-state index in [4.69, 9.17) is 0 Å². The van der Waals surface area contributed by atoms with Crippen LogP contribution >= 0.6 is 0 Å². The predicted molar refractivity (Wildman–Crippen MR) is 105 cm³/mol. The molecule has 0 aliphatic heterocycles. The van der Waals surface area contributed by atoms with E-state index in [-0.39, 0.29) is 18.4 Å². The first-order chi connectivity index (χ1) is 12.5. The Kier molecular flexibility index (Phi) is 7.36. The first kappa shape index (κ1) is 19.7. The normalized spacial score (nSPS) is 11.8. The molecule has 1 atom stereocenters. The number of hydrogen-bond donors (Lipinski definition) is 2. The maximum absolute atomic E-state index is 12.3. The van der Waals surface area contributed by atoms with E-state index >= 15 is 0 Å². The molecule has 2 amide bonds. The van der Waals surface area contributed by atoms with Gasteiger partial charge >= 0.3 is 0 Å². The molecule has 0 aliphatic rings. The minimum Gasteiger partial charge on any atom is -0.351 e. The van der Waals surface area contributed by atoms with Crippen molar-refractivity contribution in [3.8, 4) is 0 Å². The number of carbonyl (C=O) groups is 2. The third-order valence-electron chi connectivity index (χ3n) is 4.42. The number of carbonyl (C=O) groups excluding carboxylic acids is 2. The molecule has 0 heterocycles. The van der Waals surface area contributed by atoms with E-state index in [2.05, 4.69) is 17.6 Å². The van der Waals surface area contributed by atoms with Crippen molar-refractivity contribution in [1.82, 2.24) is 10.2 Å². The first-order valence-corrected chi connectivity index (χ1v) is 8.91. The topological polar surface area (TPSA) is 61.4 Å². The summed E-state index contributed by atoms with van der Waals surface area (Å²) in [6.07, 6.45) is 0.852. The zero-order chi connectivity index (χ0) is 18.9. The van der Waals surface area contributed by atoms with Gasteiger partial charge in [-0.25, -0.2) is 0 Å². The molecule has 0 spiro atoms. The molecule has 0 aromatic heterocycles. The highest BCUT2D eigenvalue weighted by molar-refractivity contribution is 5.93. The Morgan fingerprint density at radius 3 is 2.38 bits per heavy atom. The van der Waals surface area contributed by atoms with E-state index in [9.17, 15) is 9.59 Å². The summed E-state index contributed by atoms with van der Waals surface area (Å²) in [6, 6.07) is 17.1. The van der Waals surface area contributed by atoms with Gasteiger partial charge in [-0.15, -0.1) is 0 Å². The van der Waals surface area contributed by atoms with E-state index in [1.807, 2.05) is 54.6 Å². The van der Waals surface area contributed by atoms with Crippen molar-refractivity contribution < 1.29 is 9.59 Å². The molecular formula is C21H27N3O2. The average molecular weight is 353 g/mol. The largest absolute Gasteiger partial charge is 0.351 e. The van der Waals surface area contributed by atoms with Gasteiger partial charge in [0, 0.05) is 12.2 Å². The molecule has 0 fully saturated rings.